The summed E-state index contributed by atoms with van der Waals surface area (Å²) >= 11 is 2.34. The van der Waals surface area contributed by atoms with Gasteiger partial charge >= 0.3 is 0 Å². The molecule has 0 saturated heterocycles. The second-order valence-electron chi connectivity index (χ2n) is 4.96. The molecule has 2 N–H and O–H groups in total. The second-order valence-corrected chi connectivity index (χ2v) is 6.21. The SMILES string of the molecule is NCCc1cn(Cc2ccc(I)cc2)c2ccccc12. The molecule has 20 heavy (non-hydrogen) atoms. The van der Waals surface area contributed by atoms with Crippen molar-refractivity contribution < 1.29 is 0 Å². The highest BCUT2D eigenvalue weighted by Gasteiger charge is 2.07. The molecule has 3 heteroatoms. The van der Waals surface area contributed by atoms with Crippen LogP contribution in [0, 0.1) is 3.57 Å². The van der Waals surface area contributed by atoms with E-state index in [1.807, 2.05) is 0 Å². The van der Waals surface area contributed by atoms with E-state index in [2.05, 4.69) is 81.9 Å². The van der Waals surface area contributed by atoms with Gasteiger partial charge in [0, 0.05) is 27.2 Å². The van der Waals surface area contributed by atoms with Crippen LogP contribution in [-0.4, -0.2) is 11.1 Å². The number of hydrogen-bond acceptors (Lipinski definition) is 1. The van der Waals surface area contributed by atoms with Crippen molar-refractivity contribution in [3.63, 3.8) is 0 Å². The van der Waals surface area contributed by atoms with Crippen LogP contribution in [0.2, 0.25) is 0 Å². The predicted molar refractivity (Wildman–Crippen MR) is 93.0 cm³/mol. The lowest BCUT2D eigenvalue weighted by atomic mass is 10.1. The van der Waals surface area contributed by atoms with Crippen molar-refractivity contribution in [3.8, 4) is 0 Å². The van der Waals surface area contributed by atoms with Crippen LogP contribution in [0.15, 0.2) is 54.7 Å². The molecule has 0 bridgehead atoms. The Morgan fingerprint density at radius 2 is 1.75 bits per heavy atom. The lowest BCUT2D eigenvalue weighted by molar-refractivity contribution is 0.827. The number of hydrogen-bond donors (Lipinski definition) is 1. The molecule has 1 aromatic heterocycles. The first kappa shape index (κ1) is 13.6. The molecule has 3 rings (SSSR count). The first-order valence-corrected chi connectivity index (χ1v) is 7.87. The highest BCUT2D eigenvalue weighted by Crippen LogP contribution is 2.22. The lowest BCUT2D eigenvalue weighted by Crippen LogP contribution is -2.02. The van der Waals surface area contributed by atoms with E-state index in [1.165, 1.54) is 25.6 Å². The molecule has 3 aromatic rings. The summed E-state index contributed by atoms with van der Waals surface area (Å²) in [6.45, 7) is 1.60. The fraction of sp³-hybridized carbons (Fsp3) is 0.176. The molecule has 0 aliphatic rings. The summed E-state index contributed by atoms with van der Waals surface area (Å²) in [4.78, 5) is 0. The van der Waals surface area contributed by atoms with Crippen molar-refractivity contribution in [1.29, 1.82) is 0 Å². The summed E-state index contributed by atoms with van der Waals surface area (Å²) in [6, 6.07) is 17.3. The van der Waals surface area contributed by atoms with E-state index in [-0.39, 0.29) is 0 Å². The molecule has 0 unspecified atom stereocenters. The van der Waals surface area contributed by atoms with Crippen LogP contribution >= 0.6 is 22.6 Å². The molecule has 0 saturated carbocycles. The topological polar surface area (TPSA) is 30.9 Å². The maximum Gasteiger partial charge on any atom is 0.0486 e. The normalized spacial score (nSPS) is 11.1. The van der Waals surface area contributed by atoms with Gasteiger partial charge in [-0.2, -0.15) is 0 Å². The van der Waals surface area contributed by atoms with Gasteiger partial charge in [0.25, 0.3) is 0 Å². The molecule has 0 aliphatic carbocycles. The molecule has 0 radical (unpaired) electrons. The Bertz CT molecular complexity index is 713. The van der Waals surface area contributed by atoms with Crippen LogP contribution in [-0.2, 0) is 13.0 Å². The smallest absolute Gasteiger partial charge is 0.0486 e. The van der Waals surface area contributed by atoms with Crippen molar-refractivity contribution >= 4 is 33.5 Å². The van der Waals surface area contributed by atoms with Gasteiger partial charge in [0.2, 0.25) is 0 Å². The lowest BCUT2D eigenvalue weighted by Gasteiger charge is -2.05. The zero-order chi connectivity index (χ0) is 13.9. The third kappa shape index (κ3) is 2.74. The standard InChI is InChI=1S/C17H17IN2/c18-15-7-5-13(6-8-15)11-20-12-14(9-10-19)16-3-1-2-4-17(16)20/h1-8,12H,9-11,19H2. The van der Waals surface area contributed by atoms with Crippen LogP contribution in [0.25, 0.3) is 10.9 Å². The minimum atomic E-state index is 0.692. The highest BCUT2D eigenvalue weighted by atomic mass is 127. The molecule has 0 atom stereocenters. The van der Waals surface area contributed by atoms with E-state index in [1.54, 1.807) is 0 Å². The van der Waals surface area contributed by atoms with Crippen molar-refractivity contribution in [1.82, 2.24) is 4.57 Å². The summed E-state index contributed by atoms with van der Waals surface area (Å²) in [5, 5.41) is 1.32. The summed E-state index contributed by atoms with van der Waals surface area (Å²) in [5.74, 6) is 0. The fourth-order valence-electron chi connectivity index (χ4n) is 2.59. The number of benzene rings is 2. The summed E-state index contributed by atoms with van der Waals surface area (Å²) in [7, 11) is 0. The van der Waals surface area contributed by atoms with Crippen molar-refractivity contribution in [2.24, 2.45) is 5.73 Å². The van der Waals surface area contributed by atoms with Crippen LogP contribution < -0.4 is 5.73 Å². The number of aromatic nitrogens is 1. The van der Waals surface area contributed by atoms with Crippen molar-refractivity contribution in [2.45, 2.75) is 13.0 Å². The zero-order valence-corrected chi connectivity index (χ0v) is 13.4. The Morgan fingerprint density at radius 3 is 2.50 bits per heavy atom. The van der Waals surface area contributed by atoms with Gasteiger partial charge in [-0.3, -0.25) is 0 Å². The summed E-state index contributed by atoms with van der Waals surface area (Å²) in [6.07, 6.45) is 3.18. The number of halogens is 1. The molecule has 0 spiro atoms. The van der Waals surface area contributed by atoms with Gasteiger partial charge in [-0.05, 0) is 64.9 Å². The second kappa shape index (κ2) is 5.97. The molecule has 2 nitrogen and oxygen atoms in total. The molecular formula is C17H17IN2. The van der Waals surface area contributed by atoms with Gasteiger partial charge < -0.3 is 10.3 Å². The van der Waals surface area contributed by atoms with Crippen LogP contribution in [0.1, 0.15) is 11.1 Å². The summed E-state index contributed by atoms with van der Waals surface area (Å²) < 4.78 is 3.59. The Labute approximate surface area is 132 Å². The van der Waals surface area contributed by atoms with Gasteiger partial charge in [0.05, 0.1) is 0 Å². The van der Waals surface area contributed by atoms with E-state index >= 15 is 0 Å². The van der Waals surface area contributed by atoms with Gasteiger partial charge in [0.15, 0.2) is 0 Å². The van der Waals surface area contributed by atoms with Crippen LogP contribution in [0.4, 0.5) is 0 Å². The van der Waals surface area contributed by atoms with Crippen molar-refractivity contribution in [3.05, 3.63) is 69.4 Å². The number of nitrogens with two attached hydrogens (primary N) is 1. The first-order chi connectivity index (χ1) is 9.78. The first-order valence-electron chi connectivity index (χ1n) is 6.79. The van der Waals surface area contributed by atoms with E-state index in [0.29, 0.717) is 6.54 Å². The quantitative estimate of drug-likeness (QED) is 0.690. The largest absolute Gasteiger partial charge is 0.343 e. The number of para-hydroxylation sites is 1. The molecule has 1 heterocycles. The van der Waals surface area contributed by atoms with Gasteiger partial charge in [-0.25, -0.2) is 0 Å². The van der Waals surface area contributed by atoms with Crippen molar-refractivity contribution in [2.75, 3.05) is 6.54 Å². The van der Waals surface area contributed by atoms with E-state index in [4.69, 9.17) is 5.73 Å². The molecule has 2 aromatic carbocycles. The number of rotatable bonds is 4. The maximum absolute atomic E-state index is 5.72. The van der Waals surface area contributed by atoms with E-state index in [9.17, 15) is 0 Å². The minimum Gasteiger partial charge on any atom is -0.343 e. The van der Waals surface area contributed by atoms with E-state index < -0.39 is 0 Å². The molecule has 102 valence electrons. The fourth-order valence-corrected chi connectivity index (χ4v) is 2.95. The van der Waals surface area contributed by atoms with Gasteiger partial charge in [-0.15, -0.1) is 0 Å². The van der Waals surface area contributed by atoms with Crippen LogP contribution in [0.5, 0.6) is 0 Å². The number of nitrogens with zero attached hydrogens (tertiary/aromatic N) is 1. The molecule has 0 fully saturated rings. The Kier molecular flexibility index (Phi) is 4.08. The zero-order valence-electron chi connectivity index (χ0n) is 11.2. The Balaban J connectivity index is 2.00. The minimum absolute atomic E-state index is 0.692. The highest BCUT2D eigenvalue weighted by molar-refractivity contribution is 14.1. The maximum atomic E-state index is 5.72. The monoisotopic (exact) mass is 376 g/mol. The molecule has 0 amide bonds. The average Bonchev–Trinajstić information content (AvgIpc) is 2.81. The Hall–Kier alpha value is -1.33. The van der Waals surface area contributed by atoms with Gasteiger partial charge in [-0.1, -0.05) is 30.3 Å². The molecular weight excluding hydrogens is 359 g/mol. The predicted octanol–water partition coefficient (Wildman–Crippen LogP) is 3.80. The number of fused-ring (bicyclic) bond motifs is 1. The third-order valence-electron chi connectivity index (χ3n) is 3.55. The van der Waals surface area contributed by atoms with Crippen LogP contribution in [0.3, 0.4) is 0 Å². The van der Waals surface area contributed by atoms with Gasteiger partial charge in [0.1, 0.15) is 0 Å². The Morgan fingerprint density at radius 1 is 1.00 bits per heavy atom. The average molecular weight is 376 g/mol. The third-order valence-corrected chi connectivity index (χ3v) is 4.27. The molecule has 0 aliphatic heterocycles. The van der Waals surface area contributed by atoms with E-state index in [0.717, 1.165) is 13.0 Å². The summed E-state index contributed by atoms with van der Waals surface area (Å²) in [5.41, 5.74) is 9.67.